The zero-order valence-corrected chi connectivity index (χ0v) is 12.1. The molecule has 0 fully saturated rings. The fraction of sp³-hybridized carbons (Fsp3) is 0.333. The number of hydrogen-bond acceptors (Lipinski definition) is 3. The Kier molecular flexibility index (Phi) is 2.94. The number of halogens is 1. The van der Waals surface area contributed by atoms with Crippen molar-refractivity contribution in [2.24, 2.45) is 0 Å². The Labute approximate surface area is 118 Å². The van der Waals surface area contributed by atoms with Gasteiger partial charge in [0.1, 0.15) is 0 Å². The molecule has 3 rings (SSSR count). The standard InChI is InChI=1S/C15H16ClN3/c1-9-8-12-6-4-5-7-13(12)19(9)15-14(16)17-10(2)11(3)18-15/h4-7,9H,8H2,1-3H3. The van der Waals surface area contributed by atoms with Crippen molar-refractivity contribution >= 4 is 23.1 Å². The summed E-state index contributed by atoms with van der Waals surface area (Å²) in [5.41, 5.74) is 4.34. The van der Waals surface area contributed by atoms with Crippen molar-refractivity contribution in [1.29, 1.82) is 0 Å². The topological polar surface area (TPSA) is 29.0 Å². The highest BCUT2D eigenvalue weighted by Crippen LogP contribution is 2.39. The van der Waals surface area contributed by atoms with Crippen molar-refractivity contribution in [2.75, 3.05) is 4.90 Å². The normalized spacial score (nSPS) is 17.7. The van der Waals surface area contributed by atoms with Crippen molar-refractivity contribution in [2.45, 2.75) is 33.2 Å². The van der Waals surface area contributed by atoms with Gasteiger partial charge in [0.25, 0.3) is 0 Å². The Morgan fingerprint density at radius 3 is 2.63 bits per heavy atom. The second kappa shape index (κ2) is 4.49. The van der Waals surface area contributed by atoms with Gasteiger partial charge in [-0.05, 0) is 38.8 Å². The maximum Gasteiger partial charge on any atom is 0.172 e. The molecule has 3 nitrogen and oxygen atoms in total. The number of fused-ring (bicyclic) bond motifs is 1. The Morgan fingerprint density at radius 2 is 1.84 bits per heavy atom. The van der Waals surface area contributed by atoms with Crippen molar-refractivity contribution in [3.63, 3.8) is 0 Å². The van der Waals surface area contributed by atoms with E-state index in [0.29, 0.717) is 11.2 Å². The lowest BCUT2D eigenvalue weighted by molar-refractivity contribution is 0.746. The molecule has 0 saturated carbocycles. The highest BCUT2D eigenvalue weighted by molar-refractivity contribution is 6.31. The van der Waals surface area contributed by atoms with E-state index in [1.807, 2.05) is 19.9 Å². The lowest BCUT2D eigenvalue weighted by Crippen LogP contribution is -2.25. The van der Waals surface area contributed by atoms with E-state index in [4.69, 9.17) is 11.6 Å². The number of nitrogens with zero attached hydrogens (tertiary/aromatic N) is 3. The molecule has 0 radical (unpaired) electrons. The van der Waals surface area contributed by atoms with Gasteiger partial charge in [-0.15, -0.1) is 0 Å². The predicted molar refractivity (Wildman–Crippen MR) is 78.3 cm³/mol. The number of aromatic nitrogens is 2. The second-order valence-electron chi connectivity index (χ2n) is 5.06. The Hall–Kier alpha value is -1.61. The molecule has 2 heterocycles. The molecule has 19 heavy (non-hydrogen) atoms. The number of benzene rings is 1. The second-order valence-corrected chi connectivity index (χ2v) is 5.42. The molecule has 98 valence electrons. The van der Waals surface area contributed by atoms with Crippen LogP contribution in [0.4, 0.5) is 11.5 Å². The molecular formula is C15H16ClN3. The minimum absolute atomic E-state index is 0.353. The van der Waals surface area contributed by atoms with Gasteiger partial charge in [-0.2, -0.15) is 0 Å². The third kappa shape index (κ3) is 1.98. The van der Waals surface area contributed by atoms with E-state index in [1.54, 1.807) is 0 Å². The number of hydrogen-bond donors (Lipinski definition) is 0. The fourth-order valence-electron chi connectivity index (χ4n) is 2.61. The fourth-order valence-corrected chi connectivity index (χ4v) is 2.87. The maximum atomic E-state index is 6.30. The zero-order chi connectivity index (χ0) is 13.6. The van der Waals surface area contributed by atoms with E-state index >= 15 is 0 Å². The summed E-state index contributed by atoms with van der Waals surface area (Å²) in [6, 6.07) is 8.75. The lowest BCUT2D eigenvalue weighted by atomic mass is 10.1. The molecule has 2 aromatic rings. The van der Waals surface area contributed by atoms with Gasteiger partial charge >= 0.3 is 0 Å². The van der Waals surface area contributed by atoms with Crippen LogP contribution in [0.3, 0.4) is 0 Å². The number of rotatable bonds is 1. The Bertz CT molecular complexity index is 639. The first-order chi connectivity index (χ1) is 9.08. The van der Waals surface area contributed by atoms with Crippen LogP contribution in [-0.2, 0) is 6.42 Å². The highest BCUT2D eigenvalue weighted by Gasteiger charge is 2.29. The predicted octanol–water partition coefficient (Wildman–Crippen LogP) is 3.83. The smallest absolute Gasteiger partial charge is 0.172 e. The molecule has 0 spiro atoms. The van der Waals surface area contributed by atoms with E-state index in [2.05, 4.69) is 40.0 Å². The average molecular weight is 274 g/mol. The zero-order valence-electron chi connectivity index (χ0n) is 11.3. The first kappa shape index (κ1) is 12.4. The summed E-state index contributed by atoms with van der Waals surface area (Å²) in [5.74, 6) is 0.766. The molecule has 1 atom stereocenters. The van der Waals surface area contributed by atoms with Gasteiger partial charge in [-0.25, -0.2) is 9.97 Å². The third-order valence-electron chi connectivity index (χ3n) is 3.68. The monoisotopic (exact) mass is 273 g/mol. The van der Waals surface area contributed by atoms with Crippen LogP contribution in [0, 0.1) is 13.8 Å². The van der Waals surface area contributed by atoms with Gasteiger partial charge in [-0.1, -0.05) is 29.8 Å². The van der Waals surface area contributed by atoms with Crippen molar-refractivity contribution < 1.29 is 0 Å². The SMILES string of the molecule is Cc1nc(Cl)c(N2c3ccccc3CC2C)nc1C. The number of aryl methyl sites for hydroxylation is 2. The van der Waals surface area contributed by atoms with Crippen LogP contribution < -0.4 is 4.90 Å². The van der Waals surface area contributed by atoms with Crippen LogP contribution in [0.2, 0.25) is 5.15 Å². The van der Waals surface area contributed by atoms with Crippen molar-refractivity contribution in [3.05, 3.63) is 46.4 Å². The minimum Gasteiger partial charge on any atom is -0.320 e. The van der Waals surface area contributed by atoms with E-state index in [-0.39, 0.29) is 0 Å². The summed E-state index contributed by atoms with van der Waals surface area (Å²) in [6.07, 6.45) is 1.01. The van der Waals surface area contributed by atoms with Gasteiger partial charge < -0.3 is 4.90 Å². The number of anilines is 2. The average Bonchev–Trinajstić information content (AvgIpc) is 2.70. The van der Waals surface area contributed by atoms with Crippen molar-refractivity contribution in [1.82, 2.24) is 9.97 Å². The molecule has 0 aliphatic carbocycles. The summed E-state index contributed by atoms with van der Waals surface area (Å²) in [6.45, 7) is 6.08. The molecule has 0 amide bonds. The summed E-state index contributed by atoms with van der Waals surface area (Å²) >= 11 is 6.30. The molecular weight excluding hydrogens is 258 g/mol. The Morgan fingerprint density at radius 1 is 1.16 bits per heavy atom. The lowest BCUT2D eigenvalue weighted by Gasteiger charge is -2.25. The first-order valence-corrected chi connectivity index (χ1v) is 6.83. The van der Waals surface area contributed by atoms with Crippen LogP contribution in [0.5, 0.6) is 0 Å². The van der Waals surface area contributed by atoms with Gasteiger partial charge in [-0.3, -0.25) is 0 Å². The highest BCUT2D eigenvalue weighted by atomic mass is 35.5. The largest absolute Gasteiger partial charge is 0.320 e. The van der Waals surface area contributed by atoms with Gasteiger partial charge in [0.2, 0.25) is 0 Å². The molecule has 1 aromatic heterocycles. The Balaban J connectivity index is 2.15. The summed E-state index contributed by atoms with van der Waals surface area (Å²) in [4.78, 5) is 11.2. The quantitative estimate of drug-likeness (QED) is 0.791. The maximum absolute atomic E-state index is 6.30. The molecule has 1 aliphatic heterocycles. The number of para-hydroxylation sites is 1. The van der Waals surface area contributed by atoms with Crippen LogP contribution in [0.25, 0.3) is 0 Å². The van der Waals surface area contributed by atoms with E-state index in [0.717, 1.165) is 23.6 Å². The summed E-state index contributed by atoms with van der Waals surface area (Å²) in [7, 11) is 0. The minimum atomic E-state index is 0.353. The molecule has 1 unspecified atom stereocenters. The summed E-state index contributed by atoms with van der Waals surface area (Å²) < 4.78 is 0. The van der Waals surface area contributed by atoms with E-state index in [9.17, 15) is 0 Å². The van der Waals surface area contributed by atoms with E-state index < -0.39 is 0 Å². The molecule has 1 aromatic carbocycles. The van der Waals surface area contributed by atoms with Gasteiger partial charge in [0.05, 0.1) is 11.4 Å². The van der Waals surface area contributed by atoms with Gasteiger partial charge in [0, 0.05) is 11.7 Å². The van der Waals surface area contributed by atoms with Crippen LogP contribution in [0.1, 0.15) is 23.9 Å². The first-order valence-electron chi connectivity index (χ1n) is 6.46. The van der Waals surface area contributed by atoms with Crippen LogP contribution in [-0.4, -0.2) is 16.0 Å². The van der Waals surface area contributed by atoms with Crippen molar-refractivity contribution in [3.8, 4) is 0 Å². The summed E-state index contributed by atoms with van der Waals surface area (Å²) in [5, 5.41) is 0.478. The van der Waals surface area contributed by atoms with E-state index in [1.165, 1.54) is 11.3 Å². The van der Waals surface area contributed by atoms with Gasteiger partial charge in [0.15, 0.2) is 11.0 Å². The molecule has 4 heteroatoms. The molecule has 0 saturated heterocycles. The molecule has 1 aliphatic rings. The molecule has 0 bridgehead atoms. The van der Waals surface area contributed by atoms with Crippen LogP contribution >= 0.6 is 11.6 Å². The molecule has 0 N–H and O–H groups in total. The third-order valence-corrected chi connectivity index (χ3v) is 3.94. The van der Waals surface area contributed by atoms with Crippen LogP contribution in [0.15, 0.2) is 24.3 Å².